The number of nitro benzene ring substituents is 1. The minimum absolute atomic E-state index is 0.00973. The molecule has 0 radical (unpaired) electrons. The van der Waals surface area contributed by atoms with Gasteiger partial charge in [0.15, 0.2) is 0 Å². The first-order chi connectivity index (χ1) is 14.5. The number of hydrogen-bond acceptors (Lipinski definition) is 4. The highest BCUT2D eigenvalue weighted by Gasteiger charge is 2.06. The van der Waals surface area contributed by atoms with E-state index < -0.39 is 4.92 Å². The zero-order valence-electron chi connectivity index (χ0n) is 15.9. The SMILES string of the molecule is O=C(/C=C/c1ccc([N+](=O)[O-])cc1)Nc1ccc(C(=O)NCc2ccccc2)cc1. The Kier molecular flexibility index (Phi) is 6.68. The van der Waals surface area contributed by atoms with Crippen LogP contribution in [0.25, 0.3) is 6.08 Å². The van der Waals surface area contributed by atoms with E-state index in [4.69, 9.17) is 0 Å². The molecule has 3 aromatic carbocycles. The molecule has 0 unspecified atom stereocenters. The van der Waals surface area contributed by atoms with E-state index in [0.717, 1.165) is 5.56 Å². The smallest absolute Gasteiger partial charge is 0.269 e. The Hall–Kier alpha value is -4.26. The van der Waals surface area contributed by atoms with Crippen LogP contribution in [0.15, 0.2) is 84.9 Å². The molecule has 150 valence electrons. The quantitative estimate of drug-likeness (QED) is 0.352. The fourth-order valence-corrected chi connectivity index (χ4v) is 2.65. The highest BCUT2D eigenvalue weighted by Crippen LogP contribution is 2.14. The van der Waals surface area contributed by atoms with Crippen LogP contribution in [0.2, 0.25) is 0 Å². The summed E-state index contributed by atoms with van der Waals surface area (Å²) < 4.78 is 0. The normalized spacial score (nSPS) is 10.5. The van der Waals surface area contributed by atoms with Crippen molar-refractivity contribution in [3.63, 3.8) is 0 Å². The van der Waals surface area contributed by atoms with Crippen LogP contribution >= 0.6 is 0 Å². The first-order valence-electron chi connectivity index (χ1n) is 9.17. The second-order valence-electron chi connectivity index (χ2n) is 6.42. The molecule has 0 atom stereocenters. The molecule has 7 nitrogen and oxygen atoms in total. The molecule has 0 aliphatic heterocycles. The lowest BCUT2D eigenvalue weighted by Gasteiger charge is -2.07. The van der Waals surface area contributed by atoms with Gasteiger partial charge in [0.1, 0.15) is 0 Å². The fraction of sp³-hybridized carbons (Fsp3) is 0.0435. The lowest BCUT2D eigenvalue weighted by molar-refractivity contribution is -0.384. The molecule has 0 heterocycles. The van der Waals surface area contributed by atoms with Gasteiger partial charge in [-0.05, 0) is 53.6 Å². The number of non-ortho nitro benzene ring substituents is 1. The van der Waals surface area contributed by atoms with Gasteiger partial charge >= 0.3 is 0 Å². The van der Waals surface area contributed by atoms with Gasteiger partial charge in [-0.1, -0.05) is 30.3 Å². The van der Waals surface area contributed by atoms with E-state index in [9.17, 15) is 19.7 Å². The van der Waals surface area contributed by atoms with Crippen molar-refractivity contribution in [1.29, 1.82) is 0 Å². The Morgan fingerprint density at radius 2 is 1.57 bits per heavy atom. The Labute approximate surface area is 173 Å². The van der Waals surface area contributed by atoms with Gasteiger partial charge in [-0.25, -0.2) is 0 Å². The molecule has 0 aliphatic carbocycles. The number of amides is 2. The van der Waals surface area contributed by atoms with Crippen molar-refractivity contribution in [3.8, 4) is 0 Å². The van der Waals surface area contributed by atoms with E-state index in [-0.39, 0.29) is 17.5 Å². The van der Waals surface area contributed by atoms with E-state index in [1.54, 1.807) is 42.5 Å². The maximum Gasteiger partial charge on any atom is 0.269 e. The Balaban J connectivity index is 1.52. The van der Waals surface area contributed by atoms with Crippen LogP contribution in [0.4, 0.5) is 11.4 Å². The summed E-state index contributed by atoms with van der Waals surface area (Å²) in [6.45, 7) is 0.436. The molecule has 0 aromatic heterocycles. The maximum absolute atomic E-state index is 12.2. The van der Waals surface area contributed by atoms with Crippen molar-refractivity contribution in [2.75, 3.05) is 5.32 Å². The average Bonchev–Trinajstić information content (AvgIpc) is 2.77. The maximum atomic E-state index is 12.2. The minimum atomic E-state index is -0.480. The third kappa shape index (κ3) is 5.87. The van der Waals surface area contributed by atoms with E-state index in [2.05, 4.69) is 10.6 Å². The predicted octanol–water partition coefficient (Wildman–Crippen LogP) is 4.18. The molecule has 0 bridgehead atoms. The number of nitrogens with one attached hydrogen (secondary N) is 2. The molecule has 2 amide bonds. The van der Waals surface area contributed by atoms with E-state index in [1.165, 1.54) is 18.2 Å². The molecule has 3 rings (SSSR count). The molecule has 0 aliphatic rings. The fourth-order valence-electron chi connectivity index (χ4n) is 2.65. The van der Waals surface area contributed by atoms with Crippen molar-refractivity contribution >= 4 is 29.3 Å². The monoisotopic (exact) mass is 401 g/mol. The Morgan fingerprint density at radius 3 is 2.20 bits per heavy atom. The summed E-state index contributed by atoms with van der Waals surface area (Å²) in [6.07, 6.45) is 2.89. The van der Waals surface area contributed by atoms with Crippen LogP contribution < -0.4 is 10.6 Å². The first-order valence-corrected chi connectivity index (χ1v) is 9.17. The van der Waals surface area contributed by atoms with Gasteiger partial charge in [0.25, 0.3) is 11.6 Å². The third-order valence-electron chi connectivity index (χ3n) is 4.24. The summed E-state index contributed by atoms with van der Waals surface area (Å²) in [5.74, 6) is -0.551. The van der Waals surface area contributed by atoms with Gasteiger partial charge in [-0.2, -0.15) is 0 Å². The van der Waals surface area contributed by atoms with Gasteiger partial charge in [0, 0.05) is 36.0 Å². The first kappa shape index (κ1) is 20.5. The molecule has 0 saturated heterocycles. The number of rotatable bonds is 7. The van der Waals surface area contributed by atoms with Crippen molar-refractivity contribution in [2.24, 2.45) is 0 Å². The molecule has 0 spiro atoms. The number of benzene rings is 3. The number of anilines is 1. The van der Waals surface area contributed by atoms with Crippen LogP contribution in [0.1, 0.15) is 21.5 Å². The number of hydrogen-bond donors (Lipinski definition) is 2. The molecule has 3 aromatic rings. The number of nitro groups is 1. The van der Waals surface area contributed by atoms with Gasteiger partial charge in [-0.15, -0.1) is 0 Å². The van der Waals surface area contributed by atoms with Crippen molar-refractivity contribution in [3.05, 3.63) is 112 Å². The summed E-state index contributed by atoms with van der Waals surface area (Å²) >= 11 is 0. The van der Waals surface area contributed by atoms with E-state index in [1.807, 2.05) is 30.3 Å². The molecular weight excluding hydrogens is 382 g/mol. The van der Waals surface area contributed by atoms with Crippen molar-refractivity contribution < 1.29 is 14.5 Å². The molecule has 0 fully saturated rings. The van der Waals surface area contributed by atoms with E-state index in [0.29, 0.717) is 23.4 Å². The van der Waals surface area contributed by atoms with Crippen LogP contribution in [0.3, 0.4) is 0 Å². The topological polar surface area (TPSA) is 101 Å². The van der Waals surface area contributed by atoms with Crippen molar-refractivity contribution in [2.45, 2.75) is 6.54 Å². The molecule has 7 heteroatoms. The minimum Gasteiger partial charge on any atom is -0.348 e. The lowest BCUT2D eigenvalue weighted by Crippen LogP contribution is -2.22. The molecule has 2 N–H and O–H groups in total. The van der Waals surface area contributed by atoms with Gasteiger partial charge in [0.2, 0.25) is 5.91 Å². The van der Waals surface area contributed by atoms with Crippen LogP contribution in [0, 0.1) is 10.1 Å². The Morgan fingerprint density at radius 1 is 0.900 bits per heavy atom. The van der Waals surface area contributed by atoms with Crippen LogP contribution in [0.5, 0.6) is 0 Å². The summed E-state index contributed by atoms with van der Waals surface area (Å²) in [5, 5.41) is 16.2. The number of carbonyl (C=O) groups excluding carboxylic acids is 2. The molecular formula is C23H19N3O4. The highest BCUT2D eigenvalue weighted by molar-refractivity contribution is 6.02. The second kappa shape index (κ2) is 9.79. The van der Waals surface area contributed by atoms with Gasteiger partial charge < -0.3 is 10.6 Å². The van der Waals surface area contributed by atoms with Crippen molar-refractivity contribution in [1.82, 2.24) is 5.32 Å². The van der Waals surface area contributed by atoms with Crippen LogP contribution in [-0.4, -0.2) is 16.7 Å². The largest absolute Gasteiger partial charge is 0.348 e. The molecule has 30 heavy (non-hydrogen) atoms. The highest BCUT2D eigenvalue weighted by atomic mass is 16.6. The average molecular weight is 401 g/mol. The third-order valence-corrected chi connectivity index (χ3v) is 4.24. The summed E-state index contributed by atoms with van der Waals surface area (Å²) in [4.78, 5) is 34.4. The summed E-state index contributed by atoms with van der Waals surface area (Å²) in [6, 6.07) is 22.0. The predicted molar refractivity (Wildman–Crippen MR) is 115 cm³/mol. The van der Waals surface area contributed by atoms with Gasteiger partial charge in [-0.3, -0.25) is 19.7 Å². The number of nitrogens with zero attached hydrogens (tertiary/aromatic N) is 1. The second-order valence-corrected chi connectivity index (χ2v) is 6.42. The number of carbonyl (C=O) groups is 2. The standard InChI is InChI=1S/C23H19N3O4/c27-22(15-8-17-6-13-21(14-7-17)26(29)30)25-20-11-9-19(10-12-20)23(28)24-16-18-4-2-1-3-5-18/h1-15H,16H2,(H,24,28)(H,25,27)/b15-8+. The lowest BCUT2D eigenvalue weighted by atomic mass is 10.1. The van der Waals surface area contributed by atoms with Gasteiger partial charge in [0.05, 0.1) is 4.92 Å². The van der Waals surface area contributed by atoms with Crippen LogP contribution in [-0.2, 0) is 11.3 Å². The zero-order valence-corrected chi connectivity index (χ0v) is 15.9. The summed E-state index contributed by atoms with van der Waals surface area (Å²) in [7, 11) is 0. The zero-order chi connectivity index (χ0) is 21.3. The van der Waals surface area contributed by atoms with E-state index >= 15 is 0 Å². The molecule has 0 saturated carbocycles. The summed E-state index contributed by atoms with van der Waals surface area (Å²) in [5.41, 5.74) is 2.71. The Bertz CT molecular complexity index is 1060.